The minimum atomic E-state index is 0. The van der Waals surface area contributed by atoms with Crippen molar-refractivity contribution in [2.45, 2.75) is 106 Å². The zero-order valence-corrected chi connectivity index (χ0v) is 35.5. The van der Waals surface area contributed by atoms with Crippen LogP contribution in [0.4, 0.5) is 0 Å². The minimum absolute atomic E-state index is 0. The third kappa shape index (κ3) is 9.01. The van der Waals surface area contributed by atoms with Gasteiger partial charge in [0.15, 0.2) is 0 Å². The summed E-state index contributed by atoms with van der Waals surface area (Å²) < 4.78 is 1.55. The fourth-order valence-corrected chi connectivity index (χ4v) is 7.44. The van der Waals surface area contributed by atoms with E-state index in [0.29, 0.717) is 11.3 Å². The van der Waals surface area contributed by atoms with Crippen LogP contribution in [0.5, 0.6) is 0 Å². The Kier molecular flexibility index (Phi) is 13.5. The van der Waals surface area contributed by atoms with Crippen molar-refractivity contribution >= 4 is 35.9 Å². The zero-order valence-electron chi connectivity index (χ0n) is 31.5. The summed E-state index contributed by atoms with van der Waals surface area (Å²) in [5.41, 5.74) is 12.3. The van der Waals surface area contributed by atoms with Gasteiger partial charge < -0.3 is 24.8 Å². The Bertz CT molecular complexity index is 1840. The Balaban J connectivity index is 0.000000245. The van der Waals surface area contributed by atoms with Gasteiger partial charge >= 0.3 is 76.7 Å². The third-order valence-electron chi connectivity index (χ3n) is 10.4. The first kappa shape index (κ1) is 41.2. The summed E-state index contributed by atoms with van der Waals surface area (Å²) in [5.74, 6) is 0.522. The molecule has 0 bridgehead atoms. The smallest absolute Gasteiger partial charge is 1.00 e. The topological polar surface area (TPSA) is 0 Å². The van der Waals surface area contributed by atoms with E-state index in [1.54, 1.807) is 3.21 Å². The van der Waals surface area contributed by atoms with E-state index in [-0.39, 0.29) is 35.6 Å². The van der Waals surface area contributed by atoms with Gasteiger partial charge in [0.25, 0.3) is 0 Å². The van der Waals surface area contributed by atoms with Crippen LogP contribution >= 0.6 is 0 Å². The third-order valence-corrected chi connectivity index (χ3v) is 12.0. The first-order chi connectivity index (χ1) is 22.0. The second-order valence-corrected chi connectivity index (χ2v) is 17.7. The van der Waals surface area contributed by atoms with Gasteiger partial charge in [0, 0.05) is 0 Å². The molecule has 3 heteroatoms. The van der Waals surface area contributed by atoms with Crippen molar-refractivity contribution in [2.75, 3.05) is 0 Å². The summed E-state index contributed by atoms with van der Waals surface area (Å²) in [6, 6.07) is 22.9. The zero-order chi connectivity index (χ0) is 34.3. The molecule has 1 unspecified atom stereocenters. The van der Waals surface area contributed by atoms with Gasteiger partial charge in [0.05, 0.1) is 0 Å². The number of hydrogen-bond acceptors (Lipinski definition) is 0. The molecule has 0 amide bonds. The summed E-state index contributed by atoms with van der Waals surface area (Å²) >= 11 is 1.54. The van der Waals surface area contributed by atoms with Crippen LogP contribution in [0.1, 0.15) is 123 Å². The molecule has 258 valence electrons. The first-order valence-electron chi connectivity index (χ1n) is 17.5. The SMILES string of the molecule is CC1=CCC(C)(C)c2cc3[cH-]c4cc5c(cc4c3cc21)C(C)=CCC5(C)C.CC1[C-]=CC(C(C)(C)C)=C1.CC[C](=[Zr+2])c1ccccc1.[Cl-].[Cl-]. The van der Waals surface area contributed by atoms with Gasteiger partial charge in [0.1, 0.15) is 0 Å². The maximum atomic E-state index is 3.26. The average Bonchev–Trinajstić information content (AvgIpc) is 3.64. The molecule has 0 aromatic heterocycles. The maximum absolute atomic E-state index is 3.26. The van der Waals surface area contributed by atoms with E-state index < -0.39 is 0 Å². The predicted molar refractivity (Wildman–Crippen MR) is 205 cm³/mol. The number of fused-ring (bicyclic) bond motifs is 5. The summed E-state index contributed by atoms with van der Waals surface area (Å²) in [4.78, 5) is 0. The van der Waals surface area contributed by atoms with Crippen molar-refractivity contribution in [1.29, 1.82) is 0 Å². The molecule has 0 aliphatic heterocycles. The molecule has 0 spiro atoms. The van der Waals surface area contributed by atoms with Gasteiger partial charge in [-0.15, -0.1) is 39.7 Å². The van der Waals surface area contributed by atoms with Gasteiger partial charge in [-0.1, -0.05) is 102 Å². The molecule has 0 saturated carbocycles. The van der Waals surface area contributed by atoms with Crippen molar-refractivity contribution < 1.29 is 49.0 Å². The van der Waals surface area contributed by atoms with E-state index in [2.05, 4.69) is 167 Å². The average molecular weight is 769 g/mol. The number of hydrogen-bond donors (Lipinski definition) is 0. The Labute approximate surface area is 324 Å². The Morgan fingerprint density at radius 3 is 1.65 bits per heavy atom. The second-order valence-electron chi connectivity index (χ2n) is 16.2. The molecule has 3 aliphatic carbocycles. The van der Waals surface area contributed by atoms with Gasteiger partial charge in [-0.25, -0.2) is 6.08 Å². The molecular formula is C46H54Cl2Zr-2. The van der Waals surface area contributed by atoms with Gasteiger partial charge in [-0.3, -0.25) is 6.08 Å². The molecule has 7 rings (SSSR count). The minimum Gasteiger partial charge on any atom is -1.00 e. The molecule has 49 heavy (non-hydrogen) atoms. The number of allylic oxidation sites excluding steroid dienone is 8. The predicted octanol–water partition coefficient (Wildman–Crippen LogP) is 7.02. The van der Waals surface area contributed by atoms with Crippen LogP contribution in [0.25, 0.3) is 32.7 Å². The molecule has 4 aromatic carbocycles. The Hall–Kier alpha value is -2.18. The molecular weight excluding hydrogens is 715 g/mol. The van der Waals surface area contributed by atoms with E-state index in [9.17, 15) is 0 Å². The van der Waals surface area contributed by atoms with Crippen molar-refractivity contribution in [3.63, 3.8) is 0 Å². The van der Waals surface area contributed by atoms with Crippen LogP contribution in [-0.4, -0.2) is 3.21 Å². The van der Waals surface area contributed by atoms with E-state index in [1.165, 1.54) is 96.7 Å². The number of halogens is 2. The summed E-state index contributed by atoms with van der Waals surface area (Å²) in [7, 11) is 0. The normalized spacial score (nSPS) is 18.2. The quantitative estimate of drug-likeness (QED) is 0.193. The van der Waals surface area contributed by atoms with Crippen LogP contribution in [0.3, 0.4) is 0 Å². The largest absolute Gasteiger partial charge is 1.00 e. The Morgan fingerprint density at radius 1 is 0.816 bits per heavy atom. The number of rotatable bonds is 2. The van der Waals surface area contributed by atoms with Crippen molar-refractivity contribution in [3.8, 4) is 0 Å². The number of benzene rings is 3. The molecule has 4 aromatic rings. The molecule has 1 atom stereocenters. The van der Waals surface area contributed by atoms with Gasteiger partial charge in [0.2, 0.25) is 0 Å². The monoisotopic (exact) mass is 766 g/mol. The molecule has 3 aliphatic rings. The van der Waals surface area contributed by atoms with Gasteiger partial charge in [-0.2, -0.15) is 11.6 Å². The first-order valence-corrected chi connectivity index (χ1v) is 18.8. The van der Waals surface area contributed by atoms with Crippen molar-refractivity contribution in [1.82, 2.24) is 0 Å². The molecule has 0 N–H and O–H groups in total. The van der Waals surface area contributed by atoms with Crippen molar-refractivity contribution in [3.05, 3.63) is 124 Å². The van der Waals surface area contributed by atoms with E-state index in [4.69, 9.17) is 0 Å². The van der Waals surface area contributed by atoms with Crippen LogP contribution in [-0.2, 0) is 35.1 Å². The summed E-state index contributed by atoms with van der Waals surface area (Å²) in [5, 5.41) is 5.61. The summed E-state index contributed by atoms with van der Waals surface area (Å²) in [6.07, 6.45) is 15.9. The Morgan fingerprint density at radius 2 is 1.29 bits per heavy atom. The molecule has 0 heterocycles. The van der Waals surface area contributed by atoms with E-state index in [0.717, 1.165) is 12.8 Å². The fraction of sp³-hybridized carbons (Fsp3) is 0.391. The van der Waals surface area contributed by atoms with Crippen molar-refractivity contribution in [2.24, 2.45) is 11.3 Å². The molecule has 0 fully saturated rings. The van der Waals surface area contributed by atoms with E-state index in [1.807, 2.05) is 0 Å². The maximum Gasteiger partial charge on any atom is -1.00 e. The van der Waals surface area contributed by atoms with Crippen LogP contribution in [0, 0.1) is 17.4 Å². The van der Waals surface area contributed by atoms with Crippen LogP contribution in [0.2, 0.25) is 0 Å². The summed E-state index contributed by atoms with van der Waals surface area (Å²) in [6.45, 7) is 25.1. The second kappa shape index (κ2) is 16.0. The van der Waals surface area contributed by atoms with Crippen LogP contribution < -0.4 is 24.8 Å². The van der Waals surface area contributed by atoms with E-state index >= 15 is 0 Å². The van der Waals surface area contributed by atoms with Gasteiger partial charge in [-0.05, 0) is 59.8 Å². The fourth-order valence-electron chi connectivity index (χ4n) is 7.03. The molecule has 0 saturated heterocycles. The molecule has 0 radical (unpaired) electrons. The van der Waals surface area contributed by atoms with Crippen LogP contribution in [0.15, 0.2) is 90.5 Å². The molecule has 0 nitrogen and oxygen atoms in total. The standard InChI is InChI=1S/C27H29.C10H15.C9H10.2ClH.Zr/c1-16-7-9-26(3,4)24-12-18-11-19-13-25-21(17(2)8-10-27(25,5)6)15-23(19)22(18)14-20(16)24;1-8-5-6-9(7-8)10(2,3)4;1-2-6-9-7-4-3-5-8-9;;;/h7-8,11-15H,9-10H2,1-6H3;6-8H,1-4H3;3-5,7-8H,2H2,1H3;2*1H;/q2*-1;;;;+2/p-2.